The highest BCUT2D eigenvalue weighted by Crippen LogP contribution is 2.44. The maximum absolute atomic E-state index is 12.9. The van der Waals surface area contributed by atoms with E-state index >= 15 is 0 Å². The van der Waals surface area contributed by atoms with Gasteiger partial charge in [0.25, 0.3) is 0 Å². The van der Waals surface area contributed by atoms with Gasteiger partial charge >= 0.3 is 5.97 Å². The molecule has 0 radical (unpaired) electrons. The minimum atomic E-state index is -3.52. The highest BCUT2D eigenvalue weighted by molar-refractivity contribution is 7.99. The van der Waals surface area contributed by atoms with Gasteiger partial charge in [0.15, 0.2) is 0 Å². The second-order valence-corrected chi connectivity index (χ2v) is 12.7. The van der Waals surface area contributed by atoms with Crippen LogP contribution in [-0.2, 0) is 43.7 Å². The van der Waals surface area contributed by atoms with Crippen LogP contribution in [0.1, 0.15) is 44.1 Å². The lowest BCUT2D eigenvalue weighted by molar-refractivity contribution is -0.143. The summed E-state index contributed by atoms with van der Waals surface area (Å²) in [5.74, 6) is -0.220. The Morgan fingerprint density at radius 3 is 2.50 bits per heavy atom. The SMILES string of the molecule is CCOC(=O)Cn1c(C)c(Sc2ccc(S(=O)(=O)N3CCOCC3)cc2)c2c1CCC(C)(C)C2. The number of carbonyl (C=O) groups excluding carboxylic acids is 1. The minimum absolute atomic E-state index is 0.195. The van der Waals surface area contributed by atoms with Crippen LogP contribution in [0, 0.1) is 12.3 Å². The molecule has 0 spiro atoms. The largest absolute Gasteiger partial charge is 0.465 e. The molecule has 7 nitrogen and oxygen atoms in total. The van der Waals surface area contributed by atoms with E-state index in [0.29, 0.717) is 37.8 Å². The normalized spacial score (nSPS) is 18.5. The van der Waals surface area contributed by atoms with Gasteiger partial charge in [0.05, 0.1) is 24.7 Å². The van der Waals surface area contributed by atoms with Crippen molar-refractivity contribution in [3.63, 3.8) is 0 Å². The van der Waals surface area contributed by atoms with Gasteiger partial charge in [-0.1, -0.05) is 25.6 Å². The second kappa shape index (κ2) is 10.0. The zero-order valence-electron chi connectivity index (χ0n) is 20.4. The van der Waals surface area contributed by atoms with E-state index in [1.54, 1.807) is 23.9 Å². The molecule has 9 heteroatoms. The lowest BCUT2D eigenvalue weighted by Gasteiger charge is -2.30. The van der Waals surface area contributed by atoms with Crippen molar-refractivity contribution < 1.29 is 22.7 Å². The summed E-state index contributed by atoms with van der Waals surface area (Å²) in [5, 5.41) is 0. The van der Waals surface area contributed by atoms with Crippen molar-refractivity contribution in [3.05, 3.63) is 41.2 Å². The van der Waals surface area contributed by atoms with Crippen LogP contribution >= 0.6 is 11.8 Å². The summed E-state index contributed by atoms with van der Waals surface area (Å²) in [6, 6.07) is 7.13. The zero-order valence-corrected chi connectivity index (χ0v) is 22.1. The molecule has 0 atom stereocenters. The van der Waals surface area contributed by atoms with Gasteiger partial charge in [-0.05, 0) is 68.4 Å². The minimum Gasteiger partial charge on any atom is -0.465 e. The number of hydrogen-bond acceptors (Lipinski definition) is 6. The Bertz CT molecular complexity index is 1150. The summed E-state index contributed by atoms with van der Waals surface area (Å²) in [6.07, 6.45) is 2.95. The lowest BCUT2D eigenvalue weighted by atomic mass is 9.76. The van der Waals surface area contributed by atoms with E-state index in [0.717, 1.165) is 34.7 Å². The topological polar surface area (TPSA) is 77.8 Å². The predicted octanol–water partition coefficient (Wildman–Crippen LogP) is 4.05. The van der Waals surface area contributed by atoms with Gasteiger partial charge in [-0.25, -0.2) is 8.42 Å². The Morgan fingerprint density at radius 2 is 1.85 bits per heavy atom. The number of esters is 1. The number of sulfonamides is 1. The molecule has 1 fully saturated rings. The average molecular weight is 507 g/mol. The molecule has 2 aliphatic rings. The Labute approximate surface area is 206 Å². The number of carbonyl (C=O) groups is 1. The number of hydrogen-bond donors (Lipinski definition) is 0. The van der Waals surface area contributed by atoms with Crippen LogP contribution in [0.2, 0.25) is 0 Å². The highest BCUT2D eigenvalue weighted by atomic mass is 32.2. The third-order valence-corrected chi connectivity index (χ3v) is 9.79. The van der Waals surface area contributed by atoms with Crippen molar-refractivity contribution in [1.29, 1.82) is 0 Å². The fourth-order valence-electron chi connectivity index (χ4n) is 4.75. The molecule has 0 amide bonds. The Hall–Kier alpha value is -1.81. The Balaban J connectivity index is 1.62. The smallest absolute Gasteiger partial charge is 0.325 e. The lowest BCUT2D eigenvalue weighted by Crippen LogP contribution is -2.40. The van der Waals surface area contributed by atoms with Gasteiger partial charge in [-0.2, -0.15) is 4.31 Å². The van der Waals surface area contributed by atoms with E-state index in [4.69, 9.17) is 9.47 Å². The molecule has 0 unspecified atom stereocenters. The predicted molar refractivity (Wildman–Crippen MR) is 132 cm³/mol. The standard InChI is InChI=1S/C25H34N2O5S2/c1-5-32-23(28)17-27-18(2)24(21-16-25(3,4)11-10-22(21)27)33-19-6-8-20(9-7-19)34(29,30)26-12-14-31-15-13-26/h6-9H,5,10-17H2,1-4H3. The first-order valence-electron chi connectivity index (χ1n) is 11.8. The van der Waals surface area contributed by atoms with Gasteiger partial charge < -0.3 is 14.0 Å². The van der Waals surface area contributed by atoms with E-state index in [-0.39, 0.29) is 17.9 Å². The summed E-state index contributed by atoms with van der Waals surface area (Å²) < 4.78 is 40.0. The maximum Gasteiger partial charge on any atom is 0.325 e. The Morgan fingerprint density at radius 1 is 1.18 bits per heavy atom. The number of aromatic nitrogens is 1. The molecule has 1 aromatic heterocycles. The Kier molecular flexibility index (Phi) is 7.47. The number of morpholine rings is 1. The van der Waals surface area contributed by atoms with Crippen molar-refractivity contribution in [2.75, 3.05) is 32.9 Å². The monoisotopic (exact) mass is 506 g/mol. The van der Waals surface area contributed by atoms with Crippen molar-refractivity contribution in [1.82, 2.24) is 8.87 Å². The summed E-state index contributed by atoms with van der Waals surface area (Å²) >= 11 is 1.64. The number of benzene rings is 1. The van der Waals surface area contributed by atoms with E-state index in [9.17, 15) is 13.2 Å². The highest BCUT2D eigenvalue weighted by Gasteiger charge is 2.32. The maximum atomic E-state index is 12.9. The fourth-order valence-corrected chi connectivity index (χ4v) is 7.23. The molecule has 1 aliphatic carbocycles. The van der Waals surface area contributed by atoms with Crippen molar-refractivity contribution in [2.24, 2.45) is 5.41 Å². The van der Waals surface area contributed by atoms with Crippen LogP contribution in [-0.4, -0.2) is 56.2 Å². The van der Waals surface area contributed by atoms with Crippen LogP contribution in [0.15, 0.2) is 39.0 Å². The molecule has 1 aliphatic heterocycles. The van der Waals surface area contributed by atoms with Crippen LogP contribution in [0.25, 0.3) is 0 Å². The molecule has 2 aromatic rings. The van der Waals surface area contributed by atoms with Gasteiger partial charge in [0, 0.05) is 34.3 Å². The molecular weight excluding hydrogens is 472 g/mol. The van der Waals surface area contributed by atoms with Crippen LogP contribution < -0.4 is 0 Å². The van der Waals surface area contributed by atoms with Gasteiger partial charge in [-0.15, -0.1) is 0 Å². The van der Waals surface area contributed by atoms with Crippen molar-refractivity contribution in [2.45, 2.75) is 68.2 Å². The molecule has 1 aromatic carbocycles. The van der Waals surface area contributed by atoms with Gasteiger partial charge in [0.2, 0.25) is 10.0 Å². The first-order valence-corrected chi connectivity index (χ1v) is 14.1. The molecule has 1 saturated heterocycles. The first-order chi connectivity index (χ1) is 16.1. The number of ether oxygens (including phenoxy) is 2. The summed E-state index contributed by atoms with van der Waals surface area (Å²) in [6.45, 7) is 10.7. The van der Waals surface area contributed by atoms with Crippen molar-refractivity contribution >= 4 is 27.8 Å². The zero-order chi connectivity index (χ0) is 24.5. The molecule has 0 bridgehead atoms. The fraction of sp³-hybridized carbons (Fsp3) is 0.560. The number of rotatable bonds is 7. The average Bonchev–Trinajstić information content (AvgIpc) is 3.04. The third kappa shape index (κ3) is 5.22. The molecule has 0 saturated carbocycles. The third-order valence-electron chi connectivity index (χ3n) is 6.62. The summed E-state index contributed by atoms with van der Waals surface area (Å²) in [5.41, 5.74) is 3.78. The van der Waals surface area contributed by atoms with Gasteiger partial charge in [0.1, 0.15) is 6.54 Å². The number of nitrogens with zero attached hydrogens (tertiary/aromatic N) is 2. The number of fused-ring (bicyclic) bond motifs is 1. The van der Waals surface area contributed by atoms with Gasteiger partial charge in [-0.3, -0.25) is 4.79 Å². The van der Waals surface area contributed by atoms with Crippen LogP contribution in [0.5, 0.6) is 0 Å². The first kappa shape index (κ1) is 25.3. The second-order valence-electron chi connectivity index (χ2n) is 9.66. The molecular formula is C25H34N2O5S2. The van der Waals surface area contributed by atoms with E-state index < -0.39 is 10.0 Å². The summed E-state index contributed by atoms with van der Waals surface area (Å²) in [4.78, 5) is 14.7. The van der Waals surface area contributed by atoms with E-state index in [1.165, 1.54) is 15.6 Å². The molecule has 4 rings (SSSR count). The van der Waals surface area contributed by atoms with Crippen LogP contribution in [0.4, 0.5) is 0 Å². The quantitative estimate of drug-likeness (QED) is 0.528. The van der Waals surface area contributed by atoms with Crippen LogP contribution in [0.3, 0.4) is 0 Å². The van der Waals surface area contributed by atoms with Crippen molar-refractivity contribution in [3.8, 4) is 0 Å². The van der Waals surface area contributed by atoms with E-state index in [2.05, 4.69) is 25.3 Å². The molecule has 0 N–H and O–H groups in total. The molecule has 2 heterocycles. The molecule has 34 heavy (non-hydrogen) atoms. The molecule has 186 valence electrons. The summed E-state index contributed by atoms with van der Waals surface area (Å²) in [7, 11) is -3.52. The van der Waals surface area contributed by atoms with E-state index in [1.807, 2.05) is 19.1 Å².